The van der Waals surface area contributed by atoms with Crippen LogP contribution >= 0.6 is 0 Å². The summed E-state index contributed by atoms with van der Waals surface area (Å²) in [6.45, 7) is 3.94. The van der Waals surface area contributed by atoms with E-state index in [1.807, 2.05) is 18.5 Å². The van der Waals surface area contributed by atoms with E-state index in [1.165, 1.54) is 5.56 Å². The summed E-state index contributed by atoms with van der Waals surface area (Å²) in [5.41, 5.74) is 3.47. The lowest BCUT2D eigenvalue weighted by Gasteiger charge is -2.24. The molecule has 2 atom stereocenters. The van der Waals surface area contributed by atoms with Gasteiger partial charge in [-0.3, -0.25) is 4.68 Å². The Kier molecular flexibility index (Phi) is 4.26. The van der Waals surface area contributed by atoms with Gasteiger partial charge in [-0.2, -0.15) is 5.10 Å². The van der Waals surface area contributed by atoms with Gasteiger partial charge in [0.05, 0.1) is 32.1 Å². The predicted octanol–water partition coefficient (Wildman–Crippen LogP) is 2.35. The van der Waals surface area contributed by atoms with E-state index in [0.29, 0.717) is 6.04 Å². The van der Waals surface area contributed by atoms with E-state index in [2.05, 4.69) is 26.3 Å². The summed E-state index contributed by atoms with van der Waals surface area (Å²) in [5, 5.41) is 8.09. The lowest BCUT2D eigenvalue weighted by molar-refractivity contribution is 0.0233. The molecule has 5 heterocycles. The Balaban J connectivity index is 1.41. The molecule has 2 saturated heterocycles. The van der Waals surface area contributed by atoms with Crippen molar-refractivity contribution >= 4 is 5.69 Å². The fraction of sp³-hybridized carbons (Fsp3) is 0.579. The van der Waals surface area contributed by atoms with Crippen molar-refractivity contribution in [2.45, 2.75) is 37.3 Å². The standard InChI is InChI=1S/C19H24N4O3/c1-5-20-19(26-15-3-7-24-8-4-15)18-16(10-21-17(1)18)13-9-22-23(11-13)14-2-6-25-12-14/h1,5,9,11,14-16,21H,2-4,6-8,10,12H2/t14-,16?/m1/s1. The topological polar surface area (TPSA) is 70.4 Å². The fourth-order valence-corrected chi connectivity index (χ4v) is 4.05. The van der Waals surface area contributed by atoms with Crippen molar-refractivity contribution in [3.05, 3.63) is 35.8 Å². The van der Waals surface area contributed by atoms with Crippen LogP contribution in [0.4, 0.5) is 5.69 Å². The van der Waals surface area contributed by atoms with Crippen LogP contribution in [0.2, 0.25) is 0 Å². The third-order valence-electron chi connectivity index (χ3n) is 5.55. The fourth-order valence-electron chi connectivity index (χ4n) is 4.05. The van der Waals surface area contributed by atoms with Crippen molar-refractivity contribution in [2.24, 2.45) is 0 Å². The number of hydrogen-bond acceptors (Lipinski definition) is 6. The summed E-state index contributed by atoms with van der Waals surface area (Å²) in [6.07, 6.45) is 9.01. The average molecular weight is 356 g/mol. The van der Waals surface area contributed by atoms with E-state index in [0.717, 1.165) is 69.4 Å². The summed E-state index contributed by atoms with van der Waals surface area (Å²) in [6, 6.07) is 2.38. The Labute approximate surface area is 152 Å². The van der Waals surface area contributed by atoms with Gasteiger partial charge in [-0.1, -0.05) is 0 Å². The molecule has 0 aliphatic carbocycles. The molecule has 1 N–H and O–H groups in total. The normalized spacial score (nSPS) is 25.8. The molecule has 0 saturated carbocycles. The van der Waals surface area contributed by atoms with Gasteiger partial charge in [0, 0.05) is 55.6 Å². The van der Waals surface area contributed by atoms with E-state index in [-0.39, 0.29) is 12.0 Å². The van der Waals surface area contributed by atoms with E-state index in [9.17, 15) is 0 Å². The van der Waals surface area contributed by atoms with Crippen molar-refractivity contribution in [3.63, 3.8) is 0 Å². The lowest BCUT2D eigenvalue weighted by Crippen LogP contribution is -2.26. The third-order valence-corrected chi connectivity index (χ3v) is 5.55. The highest BCUT2D eigenvalue weighted by Crippen LogP contribution is 2.41. The summed E-state index contributed by atoms with van der Waals surface area (Å²) in [7, 11) is 0. The van der Waals surface area contributed by atoms with Gasteiger partial charge in [0.2, 0.25) is 5.88 Å². The first-order valence-electron chi connectivity index (χ1n) is 9.47. The molecular weight excluding hydrogens is 332 g/mol. The highest BCUT2D eigenvalue weighted by Gasteiger charge is 2.31. The number of nitrogens with zero attached hydrogens (tertiary/aromatic N) is 3. The van der Waals surface area contributed by atoms with Crippen molar-refractivity contribution in [3.8, 4) is 5.88 Å². The second-order valence-corrected chi connectivity index (χ2v) is 7.21. The molecule has 3 aliphatic rings. The quantitative estimate of drug-likeness (QED) is 0.907. The lowest BCUT2D eigenvalue weighted by atomic mass is 9.96. The first-order chi connectivity index (χ1) is 12.9. The minimum absolute atomic E-state index is 0.183. The van der Waals surface area contributed by atoms with Crippen LogP contribution in [0, 0.1) is 0 Å². The summed E-state index contributed by atoms with van der Waals surface area (Å²) >= 11 is 0. The molecule has 0 spiro atoms. The predicted molar refractivity (Wildman–Crippen MR) is 95.7 cm³/mol. The average Bonchev–Trinajstić information content (AvgIpc) is 3.42. The van der Waals surface area contributed by atoms with Gasteiger partial charge in [0.25, 0.3) is 0 Å². The third kappa shape index (κ3) is 2.95. The van der Waals surface area contributed by atoms with Gasteiger partial charge < -0.3 is 19.5 Å². The number of pyridine rings is 1. The van der Waals surface area contributed by atoms with Gasteiger partial charge >= 0.3 is 0 Å². The molecule has 26 heavy (non-hydrogen) atoms. The van der Waals surface area contributed by atoms with Gasteiger partial charge in [0.15, 0.2) is 0 Å². The van der Waals surface area contributed by atoms with Crippen molar-refractivity contribution in [1.29, 1.82) is 0 Å². The summed E-state index contributed by atoms with van der Waals surface area (Å²) in [4.78, 5) is 4.55. The summed E-state index contributed by atoms with van der Waals surface area (Å²) in [5.74, 6) is 0.964. The monoisotopic (exact) mass is 356 g/mol. The minimum atomic E-state index is 0.183. The second-order valence-electron chi connectivity index (χ2n) is 7.21. The second kappa shape index (κ2) is 6.89. The number of nitrogens with one attached hydrogen (secondary N) is 1. The Morgan fingerprint density at radius 3 is 2.88 bits per heavy atom. The van der Waals surface area contributed by atoms with Crippen LogP contribution in [0.1, 0.15) is 42.3 Å². The van der Waals surface area contributed by atoms with E-state index in [4.69, 9.17) is 14.2 Å². The molecule has 0 bridgehead atoms. The number of fused-ring (bicyclic) bond motifs is 1. The highest BCUT2D eigenvalue weighted by atomic mass is 16.5. The number of aromatic nitrogens is 3. The molecule has 2 aromatic rings. The first kappa shape index (κ1) is 16.1. The highest BCUT2D eigenvalue weighted by molar-refractivity contribution is 5.63. The summed E-state index contributed by atoms with van der Waals surface area (Å²) < 4.78 is 19.3. The van der Waals surface area contributed by atoms with E-state index in [1.54, 1.807) is 0 Å². The van der Waals surface area contributed by atoms with E-state index >= 15 is 0 Å². The Hall–Kier alpha value is -2.12. The van der Waals surface area contributed by atoms with Crippen molar-refractivity contribution < 1.29 is 14.2 Å². The number of ether oxygens (including phenoxy) is 3. The largest absolute Gasteiger partial charge is 0.474 e. The molecule has 0 aromatic carbocycles. The molecule has 7 heteroatoms. The van der Waals surface area contributed by atoms with E-state index < -0.39 is 0 Å². The van der Waals surface area contributed by atoms with Crippen LogP contribution in [0.3, 0.4) is 0 Å². The molecule has 2 aromatic heterocycles. The molecule has 2 fully saturated rings. The zero-order valence-corrected chi connectivity index (χ0v) is 14.8. The van der Waals surface area contributed by atoms with Gasteiger partial charge in [-0.15, -0.1) is 0 Å². The Morgan fingerprint density at radius 2 is 2.04 bits per heavy atom. The first-order valence-corrected chi connectivity index (χ1v) is 9.47. The maximum Gasteiger partial charge on any atom is 0.219 e. The molecular formula is C19H24N4O3. The maximum absolute atomic E-state index is 6.28. The van der Waals surface area contributed by atoms with Crippen LogP contribution in [-0.4, -0.2) is 53.8 Å². The SMILES string of the molecule is c1cc2c(c(OC3CCOCC3)n1)C(c1cnn([C@@H]3CCOC3)c1)CN2. The molecule has 138 valence electrons. The molecule has 7 nitrogen and oxygen atoms in total. The van der Waals surface area contributed by atoms with Crippen LogP contribution in [0.5, 0.6) is 5.88 Å². The molecule has 1 unspecified atom stereocenters. The molecule has 3 aliphatic heterocycles. The zero-order valence-electron chi connectivity index (χ0n) is 14.8. The smallest absolute Gasteiger partial charge is 0.219 e. The van der Waals surface area contributed by atoms with Gasteiger partial charge in [0.1, 0.15) is 6.10 Å². The minimum Gasteiger partial charge on any atom is -0.474 e. The number of rotatable bonds is 4. The number of hydrogen-bond donors (Lipinski definition) is 1. The Morgan fingerprint density at radius 1 is 1.15 bits per heavy atom. The van der Waals surface area contributed by atoms with Crippen LogP contribution in [-0.2, 0) is 9.47 Å². The van der Waals surface area contributed by atoms with Gasteiger partial charge in [-0.05, 0) is 18.1 Å². The maximum atomic E-state index is 6.28. The zero-order chi connectivity index (χ0) is 17.3. The number of anilines is 1. The molecule has 0 radical (unpaired) electrons. The van der Waals surface area contributed by atoms with Gasteiger partial charge in [-0.25, -0.2) is 4.98 Å². The van der Waals surface area contributed by atoms with Crippen molar-refractivity contribution in [1.82, 2.24) is 14.8 Å². The molecule has 0 amide bonds. The van der Waals surface area contributed by atoms with Crippen LogP contribution < -0.4 is 10.1 Å². The van der Waals surface area contributed by atoms with Crippen LogP contribution in [0.15, 0.2) is 24.7 Å². The Bertz CT molecular complexity index is 766. The van der Waals surface area contributed by atoms with Crippen molar-refractivity contribution in [2.75, 3.05) is 38.3 Å². The van der Waals surface area contributed by atoms with Crippen LogP contribution in [0.25, 0.3) is 0 Å². The molecule has 5 rings (SSSR count).